The number of carbonyl (C=O) groups excluding carboxylic acids is 2. The van der Waals surface area contributed by atoms with E-state index in [1.54, 1.807) is 6.92 Å². The SMILES string of the molecule is C=C1CC2C(C(=O)C(F)[C@]3(C)C(=O)CCC23)[C@@]2(C)CCC(=NCOC3CCNC3)CC12. The molecule has 0 aromatic rings. The molecular formula is C25H35FN2O3. The molecule has 0 aromatic carbocycles. The Morgan fingerprint density at radius 1 is 1.23 bits per heavy atom. The van der Waals surface area contributed by atoms with Crippen LogP contribution in [0.25, 0.3) is 0 Å². The molecule has 5 fully saturated rings. The highest BCUT2D eigenvalue weighted by Gasteiger charge is 2.68. The van der Waals surface area contributed by atoms with Gasteiger partial charge < -0.3 is 10.1 Å². The van der Waals surface area contributed by atoms with E-state index in [2.05, 4.69) is 18.8 Å². The Morgan fingerprint density at radius 3 is 2.77 bits per heavy atom. The van der Waals surface area contributed by atoms with Gasteiger partial charge in [-0.15, -0.1) is 0 Å². The molecule has 0 spiro atoms. The van der Waals surface area contributed by atoms with E-state index in [1.165, 1.54) is 0 Å². The van der Waals surface area contributed by atoms with Gasteiger partial charge >= 0.3 is 0 Å². The number of aliphatic imine (C=N–C) groups is 1. The van der Waals surface area contributed by atoms with Gasteiger partial charge in [0, 0.05) is 24.6 Å². The van der Waals surface area contributed by atoms with Crippen molar-refractivity contribution in [2.45, 2.75) is 71.1 Å². The second-order valence-corrected chi connectivity index (χ2v) is 11.0. The van der Waals surface area contributed by atoms with E-state index >= 15 is 4.39 Å². The molecular weight excluding hydrogens is 395 g/mol. The van der Waals surface area contributed by atoms with Crippen LogP contribution >= 0.6 is 0 Å². The second-order valence-electron chi connectivity index (χ2n) is 11.0. The third-order valence-corrected chi connectivity index (χ3v) is 9.58. The van der Waals surface area contributed by atoms with Crippen molar-refractivity contribution in [3.8, 4) is 0 Å². The van der Waals surface area contributed by atoms with Crippen LogP contribution in [0, 0.1) is 34.5 Å². The molecule has 1 N–H and O–H groups in total. The average molecular weight is 431 g/mol. The van der Waals surface area contributed by atoms with Gasteiger partial charge in [0.1, 0.15) is 12.5 Å². The fourth-order valence-corrected chi connectivity index (χ4v) is 7.76. The minimum absolute atomic E-state index is 0.0430. The van der Waals surface area contributed by atoms with Gasteiger partial charge in [-0.25, -0.2) is 4.39 Å². The van der Waals surface area contributed by atoms with Crippen molar-refractivity contribution >= 4 is 17.3 Å². The minimum Gasteiger partial charge on any atom is -0.355 e. The van der Waals surface area contributed by atoms with Crippen LogP contribution in [0.3, 0.4) is 0 Å². The van der Waals surface area contributed by atoms with Crippen molar-refractivity contribution in [1.82, 2.24) is 5.32 Å². The Hall–Kier alpha value is -1.40. The number of ether oxygens (including phenoxy) is 1. The number of ketones is 2. The Labute approximate surface area is 184 Å². The predicted molar refractivity (Wildman–Crippen MR) is 117 cm³/mol. The summed E-state index contributed by atoms with van der Waals surface area (Å²) in [5.74, 6) is -0.560. The molecule has 5 aliphatic rings. The standard InChI is InChI=1S/C25H35FN2O3/c1-14-10-17-18-4-5-20(29)25(18,3)23(26)22(30)21(17)24(2)8-6-15(11-19(14)24)28-13-31-16-7-9-27-12-16/h16-19,21,23,27H,1,4-13H2,2-3H3/t16?,17?,18?,19?,21?,23?,24-,25-/m0/s1. The van der Waals surface area contributed by atoms with E-state index in [0.29, 0.717) is 19.6 Å². The molecule has 0 bridgehead atoms. The largest absolute Gasteiger partial charge is 0.355 e. The number of nitrogens with zero attached hydrogens (tertiary/aromatic N) is 1. The summed E-state index contributed by atoms with van der Waals surface area (Å²) >= 11 is 0. The van der Waals surface area contributed by atoms with Crippen LogP contribution in [0.2, 0.25) is 0 Å². The Morgan fingerprint density at radius 2 is 2.03 bits per heavy atom. The maximum Gasteiger partial charge on any atom is 0.171 e. The zero-order valence-corrected chi connectivity index (χ0v) is 18.8. The van der Waals surface area contributed by atoms with Crippen LogP contribution in [0.4, 0.5) is 4.39 Å². The normalized spacial score (nSPS) is 48.6. The first-order valence-electron chi connectivity index (χ1n) is 12.0. The molecule has 1 aliphatic heterocycles. The van der Waals surface area contributed by atoms with Crippen LogP contribution in [0.5, 0.6) is 0 Å². The Kier molecular flexibility index (Phi) is 5.25. The molecule has 0 radical (unpaired) electrons. The molecule has 6 unspecified atom stereocenters. The lowest BCUT2D eigenvalue weighted by Crippen LogP contribution is -2.62. The minimum atomic E-state index is -1.67. The van der Waals surface area contributed by atoms with Crippen molar-refractivity contribution < 1.29 is 18.7 Å². The monoisotopic (exact) mass is 430 g/mol. The third kappa shape index (κ3) is 3.12. The van der Waals surface area contributed by atoms with E-state index in [9.17, 15) is 9.59 Å². The van der Waals surface area contributed by atoms with E-state index in [4.69, 9.17) is 9.73 Å². The molecule has 170 valence electrons. The lowest BCUT2D eigenvalue weighted by atomic mass is 9.43. The molecule has 1 heterocycles. The molecule has 0 amide bonds. The first-order valence-corrected chi connectivity index (χ1v) is 12.0. The number of nitrogens with one attached hydrogen (secondary N) is 1. The zero-order valence-electron chi connectivity index (χ0n) is 18.8. The molecule has 8 atom stereocenters. The number of fused-ring (bicyclic) bond motifs is 5. The number of rotatable bonds is 3. The molecule has 31 heavy (non-hydrogen) atoms. The Balaban J connectivity index is 1.37. The molecule has 6 heteroatoms. The van der Waals surface area contributed by atoms with Crippen LogP contribution < -0.4 is 5.32 Å². The zero-order chi connectivity index (χ0) is 22.0. The van der Waals surface area contributed by atoms with Crippen LogP contribution in [0.1, 0.15) is 58.8 Å². The summed E-state index contributed by atoms with van der Waals surface area (Å²) in [6.45, 7) is 10.6. The summed E-state index contributed by atoms with van der Waals surface area (Å²) in [7, 11) is 0. The summed E-state index contributed by atoms with van der Waals surface area (Å²) in [4.78, 5) is 30.7. The fraction of sp³-hybridized carbons (Fsp3) is 0.800. The molecule has 4 saturated carbocycles. The summed E-state index contributed by atoms with van der Waals surface area (Å²) in [5, 5.41) is 3.30. The van der Waals surface area contributed by atoms with Crippen LogP contribution in [-0.2, 0) is 14.3 Å². The smallest absolute Gasteiger partial charge is 0.171 e. The van der Waals surface area contributed by atoms with Gasteiger partial charge in [-0.3, -0.25) is 14.6 Å². The average Bonchev–Trinajstić information content (AvgIpc) is 3.36. The lowest BCUT2D eigenvalue weighted by Gasteiger charge is -2.59. The van der Waals surface area contributed by atoms with Gasteiger partial charge in [-0.2, -0.15) is 0 Å². The maximum atomic E-state index is 15.5. The number of Topliss-reactive ketones (excluding diaryl/α,β-unsaturated/α-hetero) is 2. The molecule has 0 aromatic heterocycles. The first kappa shape index (κ1) is 21.4. The molecule has 5 nitrogen and oxygen atoms in total. The second kappa shape index (κ2) is 7.58. The third-order valence-electron chi connectivity index (χ3n) is 9.58. The van der Waals surface area contributed by atoms with E-state index in [0.717, 1.165) is 56.5 Å². The lowest BCUT2D eigenvalue weighted by molar-refractivity contribution is -0.165. The van der Waals surface area contributed by atoms with Gasteiger partial charge in [0.2, 0.25) is 0 Å². The van der Waals surface area contributed by atoms with Crippen molar-refractivity contribution in [3.63, 3.8) is 0 Å². The fourth-order valence-electron chi connectivity index (χ4n) is 7.76. The quantitative estimate of drug-likeness (QED) is 0.694. The predicted octanol–water partition coefficient (Wildman–Crippen LogP) is 3.67. The van der Waals surface area contributed by atoms with Crippen molar-refractivity contribution in [1.29, 1.82) is 0 Å². The van der Waals surface area contributed by atoms with Crippen molar-refractivity contribution in [3.05, 3.63) is 12.2 Å². The summed E-state index contributed by atoms with van der Waals surface area (Å²) in [6, 6.07) is 0. The highest BCUT2D eigenvalue weighted by molar-refractivity contribution is 5.99. The van der Waals surface area contributed by atoms with Gasteiger partial charge in [0.05, 0.1) is 11.5 Å². The number of carbonyl (C=O) groups is 2. The van der Waals surface area contributed by atoms with Gasteiger partial charge in [0.25, 0.3) is 0 Å². The summed E-state index contributed by atoms with van der Waals surface area (Å²) < 4.78 is 21.4. The number of hydrogen-bond donors (Lipinski definition) is 1. The van der Waals surface area contributed by atoms with E-state index in [-0.39, 0.29) is 46.8 Å². The number of hydrogen-bond acceptors (Lipinski definition) is 5. The first-order chi connectivity index (χ1) is 14.8. The van der Waals surface area contributed by atoms with Crippen LogP contribution in [0.15, 0.2) is 17.1 Å². The topological polar surface area (TPSA) is 67.8 Å². The van der Waals surface area contributed by atoms with Crippen molar-refractivity contribution in [2.75, 3.05) is 19.8 Å². The van der Waals surface area contributed by atoms with E-state index in [1.807, 2.05) is 0 Å². The van der Waals surface area contributed by atoms with Crippen molar-refractivity contribution in [2.24, 2.45) is 39.5 Å². The van der Waals surface area contributed by atoms with Gasteiger partial charge in [-0.05, 0) is 75.2 Å². The van der Waals surface area contributed by atoms with E-state index < -0.39 is 11.6 Å². The highest BCUT2D eigenvalue weighted by atomic mass is 19.1. The highest BCUT2D eigenvalue weighted by Crippen LogP contribution is 2.65. The summed E-state index contributed by atoms with van der Waals surface area (Å²) in [5.41, 5.74) is 0.858. The number of halogens is 1. The molecule has 4 aliphatic carbocycles. The van der Waals surface area contributed by atoms with Crippen LogP contribution in [-0.4, -0.2) is 49.4 Å². The van der Waals surface area contributed by atoms with Gasteiger partial charge in [-0.1, -0.05) is 19.1 Å². The summed E-state index contributed by atoms with van der Waals surface area (Å²) in [6.07, 6.45) is 3.87. The Bertz CT molecular complexity index is 835. The number of alkyl halides is 1. The maximum absolute atomic E-state index is 15.5. The van der Waals surface area contributed by atoms with Gasteiger partial charge in [0.15, 0.2) is 12.0 Å². The molecule has 1 saturated heterocycles. The molecule has 5 rings (SSSR count). The number of allylic oxidation sites excluding steroid dienone is 1.